The zero-order chi connectivity index (χ0) is 11.5. The molecular formula is C11H13N3OS. The Labute approximate surface area is 97.7 Å². The summed E-state index contributed by atoms with van der Waals surface area (Å²) in [6.07, 6.45) is 3.80. The van der Waals surface area contributed by atoms with Crippen molar-refractivity contribution in [3.05, 3.63) is 40.3 Å². The number of aryl methyl sites for hydroxylation is 1. The molecule has 2 aromatic heterocycles. The maximum atomic E-state index is 11.9. The second kappa shape index (κ2) is 4.59. The predicted octanol–water partition coefficient (Wildman–Crippen LogP) is 1.29. The summed E-state index contributed by atoms with van der Waals surface area (Å²) in [6.45, 7) is 0. The number of carbonyl (C=O) groups is 1. The molecule has 84 valence electrons. The van der Waals surface area contributed by atoms with Crippen molar-refractivity contribution in [2.24, 2.45) is 12.8 Å². The SMILES string of the molecule is Cn1cc(C(N)C(=O)Cc2ccsc2)cn1. The number of hydrogen-bond acceptors (Lipinski definition) is 4. The first-order valence-electron chi connectivity index (χ1n) is 4.94. The van der Waals surface area contributed by atoms with Crippen molar-refractivity contribution < 1.29 is 4.79 Å². The molecule has 0 aliphatic carbocycles. The Kier molecular flexibility index (Phi) is 3.17. The van der Waals surface area contributed by atoms with Crippen LogP contribution >= 0.6 is 11.3 Å². The van der Waals surface area contributed by atoms with E-state index in [9.17, 15) is 4.79 Å². The van der Waals surface area contributed by atoms with Gasteiger partial charge in [-0.05, 0) is 22.4 Å². The fourth-order valence-electron chi connectivity index (χ4n) is 1.49. The summed E-state index contributed by atoms with van der Waals surface area (Å²) in [5.41, 5.74) is 7.66. The number of rotatable bonds is 4. The first-order chi connectivity index (χ1) is 7.66. The third-order valence-corrected chi connectivity index (χ3v) is 3.12. The van der Waals surface area contributed by atoms with Gasteiger partial charge in [0.15, 0.2) is 5.78 Å². The summed E-state index contributed by atoms with van der Waals surface area (Å²) in [7, 11) is 1.81. The average Bonchev–Trinajstić information content (AvgIpc) is 2.88. The number of aromatic nitrogens is 2. The van der Waals surface area contributed by atoms with Gasteiger partial charge in [0.2, 0.25) is 0 Å². The first-order valence-corrected chi connectivity index (χ1v) is 5.89. The van der Waals surface area contributed by atoms with Crippen LogP contribution in [0.3, 0.4) is 0 Å². The Hall–Kier alpha value is -1.46. The molecule has 1 unspecified atom stereocenters. The summed E-state index contributed by atoms with van der Waals surface area (Å²) in [6, 6.07) is 1.37. The van der Waals surface area contributed by atoms with Crippen molar-refractivity contribution in [2.75, 3.05) is 0 Å². The molecule has 2 heterocycles. The molecule has 0 amide bonds. The van der Waals surface area contributed by atoms with E-state index < -0.39 is 6.04 Å². The lowest BCUT2D eigenvalue weighted by atomic mass is 10.0. The molecular weight excluding hydrogens is 222 g/mol. The van der Waals surface area contributed by atoms with Gasteiger partial charge in [-0.15, -0.1) is 0 Å². The Balaban J connectivity index is 2.05. The number of nitrogens with zero attached hydrogens (tertiary/aromatic N) is 2. The van der Waals surface area contributed by atoms with Gasteiger partial charge in [0, 0.05) is 25.2 Å². The van der Waals surface area contributed by atoms with Gasteiger partial charge in [0.1, 0.15) is 0 Å². The molecule has 0 bridgehead atoms. The molecule has 0 fully saturated rings. The zero-order valence-electron chi connectivity index (χ0n) is 8.96. The normalized spacial score (nSPS) is 12.6. The zero-order valence-corrected chi connectivity index (χ0v) is 9.78. The van der Waals surface area contributed by atoms with Crippen LogP contribution in [0.4, 0.5) is 0 Å². The van der Waals surface area contributed by atoms with E-state index in [1.54, 1.807) is 35.5 Å². The minimum Gasteiger partial charge on any atom is -0.318 e. The fraction of sp³-hybridized carbons (Fsp3) is 0.273. The van der Waals surface area contributed by atoms with E-state index in [0.29, 0.717) is 6.42 Å². The third kappa shape index (κ3) is 2.37. The van der Waals surface area contributed by atoms with Crippen molar-refractivity contribution in [1.29, 1.82) is 0 Å². The molecule has 0 aliphatic rings. The van der Waals surface area contributed by atoms with Crippen molar-refractivity contribution in [1.82, 2.24) is 9.78 Å². The van der Waals surface area contributed by atoms with Crippen LogP contribution in [0.25, 0.3) is 0 Å². The molecule has 5 heteroatoms. The lowest BCUT2D eigenvalue weighted by molar-refractivity contribution is -0.119. The topological polar surface area (TPSA) is 60.9 Å². The van der Waals surface area contributed by atoms with Gasteiger partial charge in [-0.25, -0.2) is 0 Å². The van der Waals surface area contributed by atoms with Gasteiger partial charge in [-0.1, -0.05) is 0 Å². The molecule has 16 heavy (non-hydrogen) atoms. The van der Waals surface area contributed by atoms with E-state index >= 15 is 0 Å². The monoisotopic (exact) mass is 235 g/mol. The number of ketones is 1. The molecule has 1 atom stereocenters. The van der Waals surface area contributed by atoms with Crippen molar-refractivity contribution in [3.8, 4) is 0 Å². The van der Waals surface area contributed by atoms with E-state index in [-0.39, 0.29) is 5.78 Å². The molecule has 0 radical (unpaired) electrons. The lowest BCUT2D eigenvalue weighted by Gasteiger charge is -2.06. The molecule has 0 saturated carbocycles. The van der Waals surface area contributed by atoms with E-state index in [1.807, 2.05) is 16.8 Å². The molecule has 2 N–H and O–H groups in total. The predicted molar refractivity (Wildman–Crippen MR) is 63.2 cm³/mol. The van der Waals surface area contributed by atoms with Crippen molar-refractivity contribution in [3.63, 3.8) is 0 Å². The van der Waals surface area contributed by atoms with Crippen LogP contribution in [0.15, 0.2) is 29.2 Å². The third-order valence-electron chi connectivity index (χ3n) is 2.39. The average molecular weight is 235 g/mol. The van der Waals surface area contributed by atoms with Crippen LogP contribution in [0, 0.1) is 0 Å². The van der Waals surface area contributed by atoms with E-state index in [2.05, 4.69) is 5.10 Å². The van der Waals surface area contributed by atoms with Gasteiger partial charge >= 0.3 is 0 Å². The summed E-state index contributed by atoms with van der Waals surface area (Å²) < 4.78 is 1.65. The minimum absolute atomic E-state index is 0.0198. The van der Waals surface area contributed by atoms with Crippen LogP contribution in [0.2, 0.25) is 0 Å². The highest BCUT2D eigenvalue weighted by Gasteiger charge is 2.17. The molecule has 4 nitrogen and oxygen atoms in total. The Bertz CT molecular complexity index is 475. The van der Waals surface area contributed by atoms with E-state index in [0.717, 1.165) is 11.1 Å². The van der Waals surface area contributed by atoms with Crippen molar-refractivity contribution >= 4 is 17.1 Å². The highest BCUT2D eigenvalue weighted by atomic mass is 32.1. The largest absolute Gasteiger partial charge is 0.318 e. The first kappa shape index (κ1) is 11.0. The van der Waals surface area contributed by atoms with Crippen molar-refractivity contribution in [2.45, 2.75) is 12.5 Å². The fourth-order valence-corrected chi connectivity index (χ4v) is 2.16. The summed E-state index contributed by atoms with van der Waals surface area (Å²) in [4.78, 5) is 11.9. The molecule has 2 rings (SSSR count). The molecule has 2 aromatic rings. The van der Waals surface area contributed by atoms with Gasteiger partial charge in [-0.3, -0.25) is 9.48 Å². The maximum absolute atomic E-state index is 11.9. The number of Topliss-reactive ketones (excluding diaryl/α,β-unsaturated/α-hetero) is 1. The second-order valence-electron chi connectivity index (χ2n) is 3.70. The Morgan fingerprint density at radius 3 is 3.06 bits per heavy atom. The number of thiophene rings is 1. The lowest BCUT2D eigenvalue weighted by Crippen LogP contribution is -2.22. The summed E-state index contributed by atoms with van der Waals surface area (Å²) in [5, 5.41) is 7.93. The van der Waals surface area contributed by atoms with Crippen LogP contribution in [-0.2, 0) is 18.3 Å². The van der Waals surface area contributed by atoms with E-state index in [1.165, 1.54) is 0 Å². The van der Waals surface area contributed by atoms with E-state index in [4.69, 9.17) is 5.73 Å². The highest BCUT2D eigenvalue weighted by Crippen LogP contribution is 2.14. The van der Waals surface area contributed by atoms with Crippen LogP contribution < -0.4 is 5.73 Å². The minimum atomic E-state index is -0.575. The quantitative estimate of drug-likeness (QED) is 0.868. The standard InChI is InChI=1S/C11H13N3OS/c1-14-6-9(5-13-14)11(12)10(15)4-8-2-3-16-7-8/h2-3,5-7,11H,4,12H2,1H3. The number of hydrogen-bond donors (Lipinski definition) is 1. The Morgan fingerprint density at radius 2 is 2.50 bits per heavy atom. The maximum Gasteiger partial charge on any atom is 0.158 e. The number of nitrogens with two attached hydrogens (primary N) is 1. The van der Waals surface area contributed by atoms with Gasteiger partial charge in [-0.2, -0.15) is 16.4 Å². The molecule has 0 saturated heterocycles. The molecule has 0 spiro atoms. The second-order valence-corrected chi connectivity index (χ2v) is 4.48. The van der Waals surface area contributed by atoms with Gasteiger partial charge < -0.3 is 5.73 Å². The highest BCUT2D eigenvalue weighted by molar-refractivity contribution is 7.07. The summed E-state index contributed by atoms with van der Waals surface area (Å²) >= 11 is 1.58. The van der Waals surface area contributed by atoms with Crippen LogP contribution in [0.5, 0.6) is 0 Å². The van der Waals surface area contributed by atoms with Crippen LogP contribution in [0.1, 0.15) is 17.2 Å². The van der Waals surface area contributed by atoms with Gasteiger partial charge in [0.05, 0.1) is 12.2 Å². The smallest absolute Gasteiger partial charge is 0.158 e. The van der Waals surface area contributed by atoms with Crippen LogP contribution in [-0.4, -0.2) is 15.6 Å². The van der Waals surface area contributed by atoms with Gasteiger partial charge in [0.25, 0.3) is 0 Å². The Morgan fingerprint density at radius 1 is 1.69 bits per heavy atom. The molecule has 0 aromatic carbocycles. The number of carbonyl (C=O) groups excluding carboxylic acids is 1. The molecule has 0 aliphatic heterocycles. The summed E-state index contributed by atoms with van der Waals surface area (Å²) in [5.74, 6) is 0.0198.